The van der Waals surface area contributed by atoms with Crippen molar-refractivity contribution >= 4 is 72.1 Å². The average Bonchev–Trinajstić information content (AvgIpc) is 3.62. The topological polar surface area (TPSA) is 175 Å². The summed E-state index contributed by atoms with van der Waals surface area (Å²) < 4.78 is 31.0. The van der Waals surface area contributed by atoms with Gasteiger partial charge in [-0.3, -0.25) is 14.4 Å². The van der Waals surface area contributed by atoms with Crippen LogP contribution in [0.5, 0.6) is 5.75 Å². The first-order valence-corrected chi connectivity index (χ1v) is 20.3. The van der Waals surface area contributed by atoms with E-state index >= 15 is 0 Å². The highest BCUT2D eigenvalue weighted by Crippen LogP contribution is 2.35. The van der Waals surface area contributed by atoms with Crippen LogP contribution in [-0.2, 0) is 26.0 Å². The first-order chi connectivity index (χ1) is 27.6. The van der Waals surface area contributed by atoms with Crippen LogP contribution in [0, 0.1) is 20.8 Å². The molecule has 1 amide bonds. The molecule has 6 aromatic rings. The molecular formula is C44H44N4O8S2. The van der Waals surface area contributed by atoms with Crippen molar-refractivity contribution in [2.24, 2.45) is 0 Å². The van der Waals surface area contributed by atoms with Gasteiger partial charge in [-0.15, -0.1) is 11.3 Å². The fourth-order valence-electron chi connectivity index (χ4n) is 5.94. The summed E-state index contributed by atoms with van der Waals surface area (Å²) >= 11 is 1.25. The summed E-state index contributed by atoms with van der Waals surface area (Å²) in [5.74, 6) is -0.946. The molecule has 58 heavy (non-hydrogen) atoms. The van der Waals surface area contributed by atoms with Crippen LogP contribution in [0.15, 0.2) is 120 Å². The van der Waals surface area contributed by atoms with E-state index in [1.807, 2.05) is 63.2 Å². The minimum Gasteiger partial charge on any atom is -0.505 e. The molecule has 7 rings (SSSR count). The van der Waals surface area contributed by atoms with Crippen molar-refractivity contribution in [2.75, 3.05) is 24.8 Å². The molecule has 0 radical (unpaired) electrons. The molecule has 14 heteroatoms. The van der Waals surface area contributed by atoms with Gasteiger partial charge in [0.1, 0.15) is 11.5 Å². The van der Waals surface area contributed by atoms with Gasteiger partial charge in [-0.1, -0.05) is 60.7 Å². The van der Waals surface area contributed by atoms with E-state index < -0.39 is 21.9 Å². The number of rotatable bonds is 9. The van der Waals surface area contributed by atoms with Gasteiger partial charge in [-0.2, -0.15) is 0 Å². The molecule has 2 heterocycles. The third kappa shape index (κ3) is 10.1. The van der Waals surface area contributed by atoms with Crippen LogP contribution in [0.1, 0.15) is 50.8 Å². The van der Waals surface area contributed by atoms with E-state index in [-0.39, 0.29) is 33.3 Å². The Hall–Kier alpha value is -6.51. The molecule has 1 aromatic heterocycles. The summed E-state index contributed by atoms with van der Waals surface area (Å²) in [4.78, 5) is 39.4. The van der Waals surface area contributed by atoms with Crippen LogP contribution in [0.3, 0.4) is 0 Å². The molecule has 0 saturated heterocycles. The maximum Gasteiger partial charge on any atom is 0.337 e. The number of carboxylic acid groups (broad SMARTS) is 1. The molecule has 4 N–H and O–H groups in total. The summed E-state index contributed by atoms with van der Waals surface area (Å²) in [5, 5.41) is 27.9. The van der Waals surface area contributed by atoms with Crippen LogP contribution in [0.2, 0.25) is 0 Å². The van der Waals surface area contributed by atoms with E-state index in [0.717, 1.165) is 38.0 Å². The first-order valence-electron chi connectivity index (χ1n) is 18.1. The third-order valence-electron chi connectivity index (χ3n) is 9.29. The van der Waals surface area contributed by atoms with Crippen molar-refractivity contribution in [1.29, 1.82) is 0 Å². The lowest BCUT2D eigenvalue weighted by atomic mass is 10.0. The van der Waals surface area contributed by atoms with Gasteiger partial charge in [0.05, 0.1) is 23.3 Å². The molecule has 0 saturated carbocycles. The number of carbonyl (C=O) groups is 3. The lowest BCUT2D eigenvalue weighted by Crippen LogP contribution is -2.37. The first kappa shape index (κ1) is 42.6. The Bertz CT molecular complexity index is 2640. The molecule has 0 aliphatic carbocycles. The maximum absolute atomic E-state index is 12.5. The summed E-state index contributed by atoms with van der Waals surface area (Å²) in [5.41, 5.74) is 5.09. The number of aromatic carboxylic acids is 1. The number of likely N-dealkylation sites (N-methyl/N-ethyl adjacent to an activating group) is 1. The number of thiazole rings is 1. The van der Waals surface area contributed by atoms with Crippen molar-refractivity contribution in [3.05, 3.63) is 148 Å². The second kappa shape index (κ2) is 18.6. The number of ether oxygens (including phenoxy) is 1. The number of benzene rings is 5. The number of methoxy groups -OCH3 is 1. The van der Waals surface area contributed by atoms with Gasteiger partial charge in [-0.05, 0) is 104 Å². The summed E-state index contributed by atoms with van der Waals surface area (Å²) in [7, 11) is -1.00. The van der Waals surface area contributed by atoms with Gasteiger partial charge in [0.15, 0.2) is 16.6 Å². The molecule has 12 nitrogen and oxygen atoms in total. The van der Waals surface area contributed by atoms with Gasteiger partial charge in [-0.25, -0.2) is 18.2 Å². The molecule has 1 aliphatic heterocycles. The van der Waals surface area contributed by atoms with Crippen LogP contribution in [0.4, 0.5) is 16.5 Å². The van der Waals surface area contributed by atoms with Crippen molar-refractivity contribution < 1.29 is 37.8 Å². The van der Waals surface area contributed by atoms with Crippen LogP contribution in [-0.4, -0.2) is 59.7 Å². The summed E-state index contributed by atoms with van der Waals surface area (Å²) in [6.45, 7) is 7.51. The predicted molar refractivity (Wildman–Crippen MR) is 229 cm³/mol. The number of sulfonamides is 1. The maximum atomic E-state index is 12.5. The number of aryl methyl sites for hydroxylation is 3. The average molecular weight is 821 g/mol. The highest BCUT2D eigenvalue weighted by Gasteiger charge is 2.37. The minimum atomic E-state index is -3.90. The largest absolute Gasteiger partial charge is 0.505 e. The number of para-hydroxylation sites is 1. The Morgan fingerprint density at radius 3 is 2.22 bits per heavy atom. The number of nitrogens with one attached hydrogen (secondary N) is 2. The Kier molecular flexibility index (Phi) is 13.7. The number of amides is 1. The summed E-state index contributed by atoms with van der Waals surface area (Å²) in [6.07, 6.45) is 3.02. The number of carboxylic acids is 1. The smallest absolute Gasteiger partial charge is 0.337 e. The monoisotopic (exact) mass is 820 g/mol. The van der Waals surface area contributed by atoms with Crippen molar-refractivity contribution in [1.82, 2.24) is 9.29 Å². The third-order valence-corrected chi connectivity index (χ3v) is 11.9. The zero-order valence-electron chi connectivity index (χ0n) is 32.9. The highest BCUT2D eigenvalue weighted by atomic mass is 32.2. The number of Topliss-reactive ketones (excluding diaryl/α,β-unsaturated/α-hetero) is 1. The van der Waals surface area contributed by atoms with E-state index in [4.69, 9.17) is 9.84 Å². The van der Waals surface area contributed by atoms with Crippen molar-refractivity contribution in [2.45, 2.75) is 45.4 Å². The molecule has 5 aromatic carbocycles. The Balaban J connectivity index is 0.000000168. The van der Waals surface area contributed by atoms with Gasteiger partial charge in [0.2, 0.25) is 0 Å². The SMILES string of the molecule is COc1ccc2cc(CCC(C)=O)ccc2c1.Cc1cccc(Nc2ccccc2C(=O)O)c1C.Cc1cnc(NC(=O)C2=C(O)c3ccccc3S(=O)(=O)N2C)s1. The van der Waals surface area contributed by atoms with Crippen LogP contribution < -0.4 is 15.4 Å². The van der Waals surface area contributed by atoms with E-state index in [1.54, 1.807) is 50.6 Å². The number of fused-ring (bicyclic) bond motifs is 2. The zero-order valence-corrected chi connectivity index (χ0v) is 34.5. The molecule has 1 aliphatic rings. The van der Waals surface area contributed by atoms with Crippen LogP contribution >= 0.6 is 11.3 Å². The molecule has 0 fully saturated rings. The van der Waals surface area contributed by atoms with Gasteiger partial charge in [0, 0.05) is 35.8 Å². The summed E-state index contributed by atoms with van der Waals surface area (Å²) in [6, 6.07) is 31.1. The van der Waals surface area contributed by atoms with E-state index in [9.17, 15) is 27.9 Å². The number of carbonyl (C=O) groups excluding carboxylic acids is 2. The molecule has 0 atom stereocenters. The Morgan fingerprint density at radius 1 is 0.862 bits per heavy atom. The van der Waals surface area contributed by atoms with Gasteiger partial charge >= 0.3 is 5.97 Å². The normalized spacial score (nSPS) is 12.6. The number of aromatic nitrogens is 1. The Morgan fingerprint density at radius 2 is 1.53 bits per heavy atom. The lowest BCUT2D eigenvalue weighted by Gasteiger charge is -2.28. The zero-order chi connectivity index (χ0) is 42.1. The number of anilines is 3. The number of hydrogen-bond acceptors (Lipinski definition) is 10. The Labute approximate surface area is 341 Å². The molecular weight excluding hydrogens is 777 g/mol. The molecule has 0 spiro atoms. The molecule has 300 valence electrons. The van der Waals surface area contributed by atoms with E-state index in [1.165, 1.54) is 47.0 Å². The molecule has 0 unspecified atom stereocenters. The number of aliphatic hydroxyl groups is 1. The molecule has 0 bridgehead atoms. The van der Waals surface area contributed by atoms with Gasteiger partial charge < -0.3 is 25.1 Å². The number of hydrogen-bond donors (Lipinski definition) is 4. The number of ketones is 1. The quantitative estimate of drug-likeness (QED) is 0.110. The minimum absolute atomic E-state index is 0.0401. The van der Waals surface area contributed by atoms with Crippen molar-refractivity contribution in [3.8, 4) is 5.75 Å². The van der Waals surface area contributed by atoms with Gasteiger partial charge in [0.25, 0.3) is 15.9 Å². The predicted octanol–water partition coefficient (Wildman–Crippen LogP) is 9.07. The second-order valence-electron chi connectivity index (χ2n) is 13.4. The number of aliphatic hydroxyl groups excluding tert-OH is 1. The number of nitrogens with zero attached hydrogens (tertiary/aromatic N) is 2. The standard InChI is InChI=1S/C15H15NO2.C15H16O2.C14H13N3O4S2/c1-10-6-5-9-13(11(10)2)16-14-8-4-3-7-12(14)15(17)18;1-11(16)3-4-12-5-6-14-10-15(17-2)8-7-13(14)9-12;1-8-7-15-14(22-8)16-13(19)11-12(18)9-5-3-4-6-10(9)23(20,21)17(11)2/h3-9,16H,1-2H3,(H,17,18);5-10H,3-4H2,1-2H3;3-7,18H,1-2H3,(H,15,16,19). The second-order valence-corrected chi connectivity index (χ2v) is 16.5. The highest BCUT2D eigenvalue weighted by molar-refractivity contribution is 7.89. The fraction of sp³-hybridized carbons (Fsp3) is 0.182. The van der Waals surface area contributed by atoms with Crippen molar-refractivity contribution in [3.63, 3.8) is 0 Å². The van der Waals surface area contributed by atoms with E-state index in [0.29, 0.717) is 17.2 Å². The van der Waals surface area contributed by atoms with E-state index in [2.05, 4.69) is 33.8 Å². The van der Waals surface area contributed by atoms with Crippen LogP contribution in [0.25, 0.3) is 16.5 Å². The lowest BCUT2D eigenvalue weighted by molar-refractivity contribution is -0.117. The fourth-order valence-corrected chi connectivity index (χ4v) is 7.99.